The van der Waals surface area contributed by atoms with E-state index in [1.165, 1.54) is 6.42 Å². The molecule has 0 aromatic heterocycles. The number of hydrogen-bond acceptors (Lipinski definition) is 3. The quantitative estimate of drug-likeness (QED) is 0.803. The van der Waals surface area contributed by atoms with Crippen molar-refractivity contribution in [3.05, 3.63) is 0 Å². The fourth-order valence-corrected chi connectivity index (χ4v) is 3.47. The number of carboxylic acid groups (broad SMARTS) is 1. The highest BCUT2D eigenvalue weighted by Gasteiger charge is 2.35. The molecule has 0 bridgehead atoms. The van der Waals surface area contributed by atoms with Gasteiger partial charge in [-0.25, -0.2) is 0 Å². The van der Waals surface area contributed by atoms with Crippen molar-refractivity contribution in [2.45, 2.75) is 46.1 Å². The molecule has 4 nitrogen and oxygen atoms in total. The highest BCUT2D eigenvalue weighted by molar-refractivity contribution is 5.69. The van der Waals surface area contributed by atoms with E-state index in [-0.39, 0.29) is 6.54 Å². The van der Waals surface area contributed by atoms with Crippen LogP contribution in [0, 0.1) is 11.3 Å². The van der Waals surface area contributed by atoms with Crippen LogP contribution < -0.4 is 0 Å². The molecule has 0 radical (unpaired) electrons. The molecular formula is C15H30N2O2. The lowest BCUT2D eigenvalue weighted by Gasteiger charge is -2.43. The standard InChI is InChI=1S/C15H30N2O2/c1-12-8-13(10-15(2,3)9-12)17(11-14(18)19)7-6-16(4)5/h12-13H,6-11H2,1-5H3,(H,18,19). The van der Waals surface area contributed by atoms with Crippen LogP contribution in [0.4, 0.5) is 0 Å². The predicted octanol–water partition coefficient (Wildman–Crippen LogP) is 2.15. The first kappa shape index (κ1) is 16.4. The molecule has 0 spiro atoms. The Kier molecular flexibility index (Phi) is 5.81. The van der Waals surface area contributed by atoms with Gasteiger partial charge in [-0.2, -0.15) is 0 Å². The summed E-state index contributed by atoms with van der Waals surface area (Å²) in [4.78, 5) is 15.4. The summed E-state index contributed by atoms with van der Waals surface area (Å²) >= 11 is 0. The molecule has 0 amide bonds. The number of carboxylic acids is 1. The maximum absolute atomic E-state index is 11.1. The van der Waals surface area contributed by atoms with Crippen molar-refractivity contribution in [2.24, 2.45) is 11.3 Å². The van der Waals surface area contributed by atoms with Crippen molar-refractivity contribution < 1.29 is 9.90 Å². The van der Waals surface area contributed by atoms with Gasteiger partial charge in [0.05, 0.1) is 6.54 Å². The third kappa shape index (κ3) is 5.91. The van der Waals surface area contributed by atoms with E-state index < -0.39 is 5.97 Å². The Morgan fingerprint density at radius 2 is 1.89 bits per heavy atom. The molecule has 0 aliphatic heterocycles. The minimum absolute atomic E-state index is 0.168. The number of carbonyl (C=O) groups is 1. The second-order valence-electron chi connectivity index (χ2n) is 7.23. The van der Waals surface area contributed by atoms with E-state index in [9.17, 15) is 4.79 Å². The lowest BCUT2D eigenvalue weighted by atomic mass is 9.70. The van der Waals surface area contributed by atoms with Crippen LogP contribution in [0.5, 0.6) is 0 Å². The average Bonchev–Trinajstić information content (AvgIpc) is 2.20. The molecule has 1 fully saturated rings. The van der Waals surface area contributed by atoms with Crippen LogP contribution in [-0.2, 0) is 4.79 Å². The zero-order valence-electron chi connectivity index (χ0n) is 13.1. The van der Waals surface area contributed by atoms with Gasteiger partial charge in [0.15, 0.2) is 0 Å². The highest BCUT2D eigenvalue weighted by atomic mass is 16.4. The molecule has 2 unspecified atom stereocenters. The molecule has 2 atom stereocenters. The summed E-state index contributed by atoms with van der Waals surface area (Å²) in [6.07, 6.45) is 3.49. The molecule has 1 rings (SSSR count). The summed E-state index contributed by atoms with van der Waals surface area (Å²) in [6, 6.07) is 0.412. The van der Waals surface area contributed by atoms with Gasteiger partial charge in [-0.3, -0.25) is 9.69 Å². The van der Waals surface area contributed by atoms with Gasteiger partial charge in [0.2, 0.25) is 0 Å². The first-order chi connectivity index (χ1) is 8.69. The maximum Gasteiger partial charge on any atom is 0.317 e. The molecule has 1 aliphatic carbocycles. The van der Waals surface area contributed by atoms with Crippen LogP contribution in [0.2, 0.25) is 0 Å². The molecule has 19 heavy (non-hydrogen) atoms. The Morgan fingerprint density at radius 3 is 2.37 bits per heavy atom. The van der Waals surface area contributed by atoms with Crippen LogP contribution in [0.25, 0.3) is 0 Å². The molecular weight excluding hydrogens is 240 g/mol. The lowest BCUT2D eigenvalue weighted by molar-refractivity contribution is -0.139. The predicted molar refractivity (Wildman–Crippen MR) is 78.3 cm³/mol. The van der Waals surface area contributed by atoms with Crippen LogP contribution in [0.3, 0.4) is 0 Å². The van der Waals surface area contributed by atoms with Crippen molar-refractivity contribution in [3.63, 3.8) is 0 Å². The summed E-state index contributed by atoms with van der Waals surface area (Å²) < 4.78 is 0. The first-order valence-corrected chi connectivity index (χ1v) is 7.30. The van der Waals surface area contributed by atoms with E-state index in [1.54, 1.807) is 0 Å². The van der Waals surface area contributed by atoms with Gasteiger partial charge in [-0.1, -0.05) is 20.8 Å². The van der Waals surface area contributed by atoms with Gasteiger partial charge in [0, 0.05) is 19.1 Å². The summed E-state index contributed by atoms with van der Waals surface area (Å²) in [5.74, 6) is -0.0285. The Balaban J connectivity index is 2.69. The largest absolute Gasteiger partial charge is 0.480 e. The molecule has 1 saturated carbocycles. The van der Waals surface area contributed by atoms with Crippen LogP contribution in [-0.4, -0.2) is 60.6 Å². The van der Waals surface area contributed by atoms with Gasteiger partial charge >= 0.3 is 5.97 Å². The zero-order chi connectivity index (χ0) is 14.6. The fourth-order valence-electron chi connectivity index (χ4n) is 3.47. The Morgan fingerprint density at radius 1 is 1.26 bits per heavy atom. The van der Waals surface area contributed by atoms with Crippen molar-refractivity contribution in [1.82, 2.24) is 9.80 Å². The van der Waals surface area contributed by atoms with Crippen molar-refractivity contribution in [2.75, 3.05) is 33.7 Å². The first-order valence-electron chi connectivity index (χ1n) is 7.30. The summed E-state index contributed by atoms with van der Waals surface area (Å²) in [6.45, 7) is 8.83. The molecule has 0 aromatic carbocycles. The monoisotopic (exact) mass is 270 g/mol. The number of likely N-dealkylation sites (N-methyl/N-ethyl adjacent to an activating group) is 1. The van der Waals surface area contributed by atoms with Crippen molar-refractivity contribution in [3.8, 4) is 0 Å². The average molecular weight is 270 g/mol. The number of rotatable bonds is 6. The second kappa shape index (κ2) is 6.71. The van der Waals surface area contributed by atoms with Gasteiger partial charge < -0.3 is 10.0 Å². The zero-order valence-corrected chi connectivity index (χ0v) is 13.1. The van der Waals surface area contributed by atoms with E-state index >= 15 is 0 Å². The van der Waals surface area contributed by atoms with E-state index in [2.05, 4.69) is 30.6 Å². The van der Waals surface area contributed by atoms with Crippen LogP contribution >= 0.6 is 0 Å². The number of hydrogen-bond donors (Lipinski definition) is 1. The topological polar surface area (TPSA) is 43.8 Å². The van der Waals surface area contributed by atoms with Crippen LogP contribution in [0.15, 0.2) is 0 Å². The summed E-state index contributed by atoms with van der Waals surface area (Å²) in [7, 11) is 4.07. The normalized spacial score (nSPS) is 26.9. The van der Waals surface area contributed by atoms with Gasteiger partial charge in [0.1, 0.15) is 0 Å². The van der Waals surface area contributed by atoms with Crippen molar-refractivity contribution >= 4 is 5.97 Å². The van der Waals surface area contributed by atoms with Crippen LogP contribution in [0.1, 0.15) is 40.0 Å². The third-order valence-corrected chi connectivity index (χ3v) is 4.05. The minimum Gasteiger partial charge on any atom is -0.480 e. The second-order valence-corrected chi connectivity index (χ2v) is 7.23. The highest BCUT2D eigenvalue weighted by Crippen LogP contribution is 2.40. The fraction of sp³-hybridized carbons (Fsp3) is 0.933. The van der Waals surface area contributed by atoms with E-state index in [4.69, 9.17) is 5.11 Å². The van der Waals surface area contributed by atoms with E-state index in [0.29, 0.717) is 17.4 Å². The van der Waals surface area contributed by atoms with Gasteiger partial charge in [-0.15, -0.1) is 0 Å². The van der Waals surface area contributed by atoms with E-state index in [0.717, 1.165) is 25.9 Å². The Labute approximate surface area is 117 Å². The van der Waals surface area contributed by atoms with Gasteiger partial charge in [0.25, 0.3) is 0 Å². The SMILES string of the molecule is CC1CC(N(CCN(C)C)CC(=O)O)CC(C)(C)C1. The summed E-state index contributed by atoms with van der Waals surface area (Å²) in [5, 5.41) is 9.12. The smallest absolute Gasteiger partial charge is 0.317 e. The van der Waals surface area contributed by atoms with Crippen molar-refractivity contribution in [1.29, 1.82) is 0 Å². The molecule has 1 N–H and O–H groups in total. The molecule has 0 aromatic rings. The van der Waals surface area contributed by atoms with E-state index in [1.807, 2.05) is 14.1 Å². The summed E-state index contributed by atoms with van der Waals surface area (Å²) in [5.41, 5.74) is 0.331. The van der Waals surface area contributed by atoms with Gasteiger partial charge in [-0.05, 0) is 44.7 Å². The molecule has 1 aliphatic rings. The Hall–Kier alpha value is -0.610. The third-order valence-electron chi connectivity index (χ3n) is 4.05. The lowest BCUT2D eigenvalue weighted by Crippen LogP contribution is -2.47. The molecule has 112 valence electrons. The molecule has 4 heteroatoms. The maximum atomic E-state index is 11.1. The molecule has 0 heterocycles. The Bertz CT molecular complexity index is 303. The molecule has 0 saturated heterocycles. The minimum atomic E-state index is -0.713. The number of aliphatic carboxylic acids is 1. The number of nitrogens with zero attached hydrogens (tertiary/aromatic N) is 2.